The quantitative estimate of drug-likeness (QED) is 0.819. The third-order valence-electron chi connectivity index (χ3n) is 3.56. The third-order valence-corrected chi connectivity index (χ3v) is 3.56. The molecule has 2 rings (SSSR count). The summed E-state index contributed by atoms with van der Waals surface area (Å²) in [7, 11) is 1.60. The van der Waals surface area contributed by atoms with Crippen LogP contribution in [-0.4, -0.2) is 67.2 Å². The number of rotatable bonds is 6. The summed E-state index contributed by atoms with van der Waals surface area (Å²) in [5, 5.41) is 2.95. The van der Waals surface area contributed by atoms with Crippen molar-refractivity contribution in [2.45, 2.75) is 13.8 Å². The number of hydrogen-bond donors (Lipinski definition) is 1. The Morgan fingerprint density at radius 1 is 1.36 bits per heavy atom. The highest BCUT2D eigenvalue weighted by atomic mass is 16.5. The van der Waals surface area contributed by atoms with E-state index in [2.05, 4.69) is 38.9 Å². The van der Waals surface area contributed by atoms with Crippen LogP contribution >= 0.6 is 0 Å². The number of aromatic nitrogens is 2. The fraction of sp³-hybridized carbons (Fsp3) is 0.667. The van der Waals surface area contributed by atoms with Crippen LogP contribution in [-0.2, 0) is 4.79 Å². The van der Waals surface area contributed by atoms with Crippen LogP contribution < -0.4 is 15.0 Å². The second-order valence-electron chi connectivity index (χ2n) is 5.86. The predicted octanol–water partition coefficient (Wildman–Crippen LogP) is 0.379. The van der Waals surface area contributed by atoms with Gasteiger partial charge in [-0.3, -0.25) is 9.69 Å². The van der Waals surface area contributed by atoms with Crippen LogP contribution in [0.4, 0.5) is 5.95 Å². The van der Waals surface area contributed by atoms with Gasteiger partial charge < -0.3 is 15.0 Å². The number of nitrogens with one attached hydrogen (secondary N) is 1. The summed E-state index contributed by atoms with van der Waals surface area (Å²) >= 11 is 0. The molecule has 22 heavy (non-hydrogen) atoms. The van der Waals surface area contributed by atoms with Crippen molar-refractivity contribution >= 4 is 11.9 Å². The summed E-state index contributed by atoms with van der Waals surface area (Å²) in [4.78, 5) is 24.7. The third kappa shape index (κ3) is 4.84. The number of nitrogens with zero attached hydrogens (tertiary/aromatic N) is 4. The van der Waals surface area contributed by atoms with Crippen LogP contribution in [0.15, 0.2) is 12.3 Å². The molecule has 7 heteroatoms. The maximum atomic E-state index is 11.8. The van der Waals surface area contributed by atoms with Gasteiger partial charge >= 0.3 is 0 Å². The Balaban J connectivity index is 1.79. The molecular formula is C15H25N5O2. The second kappa shape index (κ2) is 7.93. The van der Waals surface area contributed by atoms with E-state index in [1.165, 1.54) is 0 Å². The van der Waals surface area contributed by atoms with E-state index in [-0.39, 0.29) is 5.91 Å². The van der Waals surface area contributed by atoms with E-state index in [1.807, 2.05) is 0 Å². The smallest absolute Gasteiger partial charge is 0.234 e. The first-order valence-electron chi connectivity index (χ1n) is 7.69. The van der Waals surface area contributed by atoms with Gasteiger partial charge in [-0.2, -0.15) is 4.98 Å². The van der Waals surface area contributed by atoms with Crippen molar-refractivity contribution in [3.05, 3.63) is 12.3 Å². The molecule has 1 aliphatic heterocycles. The van der Waals surface area contributed by atoms with Gasteiger partial charge in [0.2, 0.25) is 17.7 Å². The number of hydrogen-bond acceptors (Lipinski definition) is 6. The highest BCUT2D eigenvalue weighted by Gasteiger charge is 2.20. The number of ether oxygens (including phenoxy) is 1. The van der Waals surface area contributed by atoms with E-state index in [4.69, 9.17) is 4.74 Å². The first kappa shape index (κ1) is 16.5. The zero-order valence-corrected chi connectivity index (χ0v) is 13.6. The van der Waals surface area contributed by atoms with Crippen LogP contribution in [0.5, 0.6) is 5.88 Å². The van der Waals surface area contributed by atoms with E-state index in [9.17, 15) is 4.79 Å². The standard InChI is InChI=1S/C15H25N5O2/c1-12(2)10-17-13(21)11-19-6-8-20(9-7-19)15-16-5-4-14(18-15)22-3/h4-5,12H,6-11H2,1-3H3,(H,17,21). The lowest BCUT2D eigenvalue weighted by Crippen LogP contribution is -2.50. The van der Waals surface area contributed by atoms with Gasteiger partial charge in [-0.15, -0.1) is 0 Å². The minimum absolute atomic E-state index is 0.0970. The summed E-state index contributed by atoms with van der Waals surface area (Å²) in [6, 6.07) is 1.73. The normalized spacial score (nSPS) is 15.9. The molecule has 0 aromatic carbocycles. The van der Waals surface area contributed by atoms with E-state index >= 15 is 0 Å². The van der Waals surface area contributed by atoms with Crippen LogP contribution in [0.3, 0.4) is 0 Å². The van der Waals surface area contributed by atoms with Gasteiger partial charge in [0.1, 0.15) is 0 Å². The molecule has 1 aliphatic rings. The van der Waals surface area contributed by atoms with Crippen molar-refractivity contribution in [2.24, 2.45) is 5.92 Å². The van der Waals surface area contributed by atoms with E-state index in [0.29, 0.717) is 24.3 Å². The molecule has 1 aromatic heterocycles. The molecule has 1 amide bonds. The Labute approximate surface area is 131 Å². The Morgan fingerprint density at radius 2 is 2.09 bits per heavy atom. The second-order valence-corrected chi connectivity index (χ2v) is 5.86. The van der Waals surface area contributed by atoms with Gasteiger partial charge in [0.15, 0.2) is 0 Å². The van der Waals surface area contributed by atoms with Crippen LogP contribution in [0.1, 0.15) is 13.8 Å². The minimum atomic E-state index is 0.0970. The molecule has 7 nitrogen and oxygen atoms in total. The number of amides is 1. The molecule has 122 valence electrons. The lowest BCUT2D eigenvalue weighted by atomic mass is 10.2. The van der Waals surface area contributed by atoms with Crippen LogP contribution in [0, 0.1) is 5.92 Å². The lowest BCUT2D eigenvalue weighted by molar-refractivity contribution is -0.122. The largest absolute Gasteiger partial charge is 0.481 e. The zero-order valence-electron chi connectivity index (χ0n) is 13.6. The number of methoxy groups -OCH3 is 1. The molecule has 0 bridgehead atoms. The fourth-order valence-corrected chi connectivity index (χ4v) is 2.28. The fourth-order valence-electron chi connectivity index (χ4n) is 2.28. The summed E-state index contributed by atoms with van der Waals surface area (Å²) in [5.41, 5.74) is 0. The minimum Gasteiger partial charge on any atom is -0.481 e. The summed E-state index contributed by atoms with van der Waals surface area (Å²) in [6.07, 6.45) is 1.70. The van der Waals surface area contributed by atoms with Crippen molar-refractivity contribution in [2.75, 3.05) is 51.3 Å². The Morgan fingerprint density at radius 3 is 2.73 bits per heavy atom. The lowest BCUT2D eigenvalue weighted by Gasteiger charge is -2.34. The topological polar surface area (TPSA) is 70.6 Å². The van der Waals surface area contributed by atoms with Gasteiger partial charge in [-0.1, -0.05) is 13.8 Å². The molecule has 0 radical (unpaired) electrons. The first-order chi connectivity index (χ1) is 10.6. The van der Waals surface area contributed by atoms with Crippen molar-refractivity contribution in [1.82, 2.24) is 20.2 Å². The highest BCUT2D eigenvalue weighted by molar-refractivity contribution is 5.78. The van der Waals surface area contributed by atoms with E-state index in [1.54, 1.807) is 19.4 Å². The summed E-state index contributed by atoms with van der Waals surface area (Å²) in [6.45, 7) is 8.65. The molecule has 0 unspecified atom stereocenters. The van der Waals surface area contributed by atoms with Crippen LogP contribution in [0.2, 0.25) is 0 Å². The molecule has 0 spiro atoms. The Kier molecular flexibility index (Phi) is 5.94. The molecule has 1 fully saturated rings. The van der Waals surface area contributed by atoms with Gasteiger partial charge in [0.05, 0.1) is 13.7 Å². The average molecular weight is 307 g/mol. The monoisotopic (exact) mass is 307 g/mol. The van der Waals surface area contributed by atoms with Gasteiger partial charge in [-0.25, -0.2) is 4.98 Å². The van der Waals surface area contributed by atoms with Gasteiger partial charge in [-0.05, 0) is 5.92 Å². The predicted molar refractivity (Wildman–Crippen MR) is 85.1 cm³/mol. The summed E-state index contributed by atoms with van der Waals surface area (Å²) in [5.74, 6) is 1.83. The number of piperazine rings is 1. The van der Waals surface area contributed by atoms with Crippen molar-refractivity contribution in [3.63, 3.8) is 0 Å². The molecule has 0 aliphatic carbocycles. The van der Waals surface area contributed by atoms with Gasteiger partial charge in [0, 0.05) is 45.0 Å². The molecule has 1 N–H and O–H groups in total. The SMILES string of the molecule is COc1ccnc(N2CCN(CC(=O)NCC(C)C)CC2)n1. The Hall–Kier alpha value is -1.89. The van der Waals surface area contributed by atoms with Crippen molar-refractivity contribution in [1.29, 1.82) is 0 Å². The number of anilines is 1. The van der Waals surface area contributed by atoms with Crippen LogP contribution in [0.25, 0.3) is 0 Å². The van der Waals surface area contributed by atoms with Gasteiger partial charge in [0.25, 0.3) is 0 Å². The van der Waals surface area contributed by atoms with Crippen molar-refractivity contribution in [3.8, 4) is 5.88 Å². The number of carbonyl (C=O) groups is 1. The maximum Gasteiger partial charge on any atom is 0.234 e. The molecule has 2 heterocycles. The van der Waals surface area contributed by atoms with E-state index in [0.717, 1.165) is 32.7 Å². The zero-order chi connectivity index (χ0) is 15.9. The molecule has 0 saturated carbocycles. The van der Waals surface area contributed by atoms with E-state index < -0.39 is 0 Å². The number of carbonyl (C=O) groups excluding carboxylic acids is 1. The highest BCUT2D eigenvalue weighted by Crippen LogP contribution is 2.14. The first-order valence-corrected chi connectivity index (χ1v) is 7.69. The Bertz CT molecular complexity index is 487. The molecule has 1 saturated heterocycles. The summed E-state index contributed by atoms with van der Waals surface area (Å²) < 4.78 is 5.12. The average Bonchev–Trinajstić information content (AvgIpc) is 2.54. The molecule has 1 aromatic rings. The van der Waals surface area contributed by atoms with Crippen molar-refractivity contribution < 1.29 is 9.53 Å². The molecule has 0 atom stereocenters. The maximum absolute atomic E-state index is 11.8. The molecular weight excluding hydrogens is 282 g/mol.